The number of ether oxygens (including phenoxy) is 2. The first-order valence-corrected chi connectivity index (χ1v) is 7.11. The molecule has 2 unspecified atom stereocenters. The Morgan fingerprint density at radius 2 is 1.95 bits per heavy atom. The summed E-state index contributed by atoms with van der Waals surface area (Å²) in [6, 6.07) is 9.00. The molecule has 4 nitrogen and oxygen atoms in total. The zero-order chi connectivity index (χ0) is 15.0. The Bertz CT molecular complexity index is 378. The highest BCUT2D eigenvalue weighted by atomic mass is 16.5. The van der Waals surface area contributed by atoms with Gasteiger partial charge in [0.15, 0.2) is 0 Å². The summed E-state index contributed by atoms with van der Waals surface area (Å²) >= 11 is 0. The second-order valence-electron chi connectivity index (χ2n) is 5.20. The van der Waals surface area contributed by atoms with Crippen molar-refractivity contribution in [3.05, 3.63) is 29.8 Å². The van der Waals surface area contributed by atoms with Crippen LogP contribution in [-0.2, 0) is 11.2 Å². The maximum atomic E-state index is 5.43. The Morgan fingerprint density at radius 1 is 1.25 bits per heavy atom. The molecule has 20 heavy (non-hydrogen) atoms. The number of benzene rings is 1. The van der Waals surface area contributed by atoms with Gasteiger partial charge in [-0.25, -0.2) is 0 Å². The maximum Gasteiger partial charge on any atom is 0.122 e. The van der Waals surface area contributed by atoms with Crippen molar-refractivity contribution in [2.45, 2.75) is 25.4 Å². The van der Waals surface area contributed by atoms with E-state index in [1.165, 1.54) is 5.56 Å². The fourth-order valence-electron chi connectivity index (χ4n) is 2.44. The number of hydrogen-bond donors (Lipinski definition) is 1. The molecule has 4 heteroatoms. The SMILES string of the molecule is CNCC(COC)N(C)C(C)Cc1ccccc1OC. The van der Waals surface area contributed by atoms with E-state index in [0.29, 0.717) is 12.1 Å². The average Bonchev–Trinajstić information content (AvgIpc) is 2.46. The Labute approximate surface area is 123 Å². The van der Waals surface area contributed by atoms with Crippen molar-refractivity contribution in [2.24, 2.45) is 0 Å². The molecule has 114 valence electrons. The van der Waals surface area contributed by atoms with E-state index in [4.69, 9.17) is 9.47 Å². The van der Waals surface area contributed by atoms with E-state index in [9.17, 15) is 0 Å². The minimum atomic E-state index is 0.370. The van der Waals surface area contributed by atoms with Crippen LogP contribution in [0.4, 0.5) is 0 Å². The molecule has 2 atom stereocenters. The predicted molar refractivity (Wildman–Crippen MR) is 83.5 cm³/mol. The van der Waals surface area contributed by atoms with Gasteiger partial charge >= 0.3 is 0 Å². The summed E-state index contributed by atoms with van der Waals surface area (Å²) in [5, 5.41) is 3.23. The van der Waals surface area contributed by atoms with Crippen LogP contribution in [0.5, 0.6) is 5.75 Å². The predicted octanol–water partition coefficient (Wildman–Crippen LogP) is 1.79. The lowest BCUT2D eigenvalue weighted by atomic mass is 10.0. The fourth-order valence-corrected chi connectivity index (χ4v) is 2.44. The lowest BCUT2D eigenvalue weighted by molar-refractivity contribution is 0.0846. The van der Waals surface area contributed by atoms with Gasteiger partial charge in [-0.05, 0) is 39.1 Å². The zero-order valence-corrected chi connectivity index (χ0v) is 13.3. The summed E-state index contributed by atoms with van der Waals surface area (Å²) in [4.78, 5) is 2.37. The van der Waals surface area contributed by atoms with Crippen molar-refractivity contribution in [1.82, 2.24) is 10.2 Å². The molecule has 1 N–H and O–H groups in total. The molecule has 0 aliphatic rings. The average molecular weight is 280 g/mol. The largest absolute Gasteiger partial charge is 0.496 e. The number of para-hydroxylation sites is 1. The molecule has 0 radical (unpaired) electrons. The highest BCUT2D eigenvalue weighted by molar-refractivity contribution is 5.33. The first kappa shape index (κ1) is 17.0. The van der Waals surface area contributed by atoms with Crippen molar-refractivity contribution in [3.8, 4) is 5.75 Å². The quantitative estimate of drug-likeness (QED) is 0.748. The molecule has 0 bridgehead atoms. The molecular formula is C16H28N2O2. The van der Waals surface area contributed by atoms with Gasteiger partial charge in [0.1, 0.15) is 5.75 Å². The highest BCUT2D eigenvalue weighted by Crippen LogP contribution is 2.20. The monoisotopic (exact) mass is 280 g/mol. The Balaban J connectivity index is 2.70. The number of nitrogens with one attached hydrogen (secondary N) is 1. The van der Waals surface area contributed by atoms with E-state index in [-0.39, 0.29) is 0 Å². The van der Waals surface area contributed by atoms with Crippen molar-refractivity contribution in [1.29, 1.82) is 0 Å². The number of methoxy groups -OCH3 is 2. The molecule has 0 amide bonds. The van der Waals surface area contributed by atoms with E-state index < -0.39 is 0 Å². The van der Waals surface area contributed by atoms with E-state index in [1.54, 1.807) is 14.2 Å². The summed E-state index contributed by atoms with van der Waals surface area (Å²) in [6.45, 7) is 3.89. The second kappa shape index (κ2) is 8.95. The normalized spacial score (nSPS) is 14.3. The van der Waals surface area contributed by atoms with Gasteiger partial charge in [0.05, 0.1) is 13.7 Å². The minimum Gasteiger partial charge on any atom is -0.496 e. The van der Waals surface area contributed by atoms with Crippen LogP contribution in [0.3, 0.4) is 0 Å². The fraction of sp³-hybridized carbons (Fsp3) is 0.625. The minimum absolute atomic E-state index is 0.370. The number of rotatable bonds is 9. The van der Waals surface area contributed by atoms with Gasteiger partial charge in [-0.3, -0.25) is 4.90 Å². The summed E-state index contributed by atoms with van der Waals surface area (Å²) in [5.74, 6) is 0.963. The van der Waals surface area contributed by atoms with Crippen molar-refractivity contribution < 1.29 is 9.47 Å². The van der Waals surface area contributed by atoms with Gasteiger partial charge in [0, 0.05) is 25.7 Å². The van der Waals surface area contributed by atoms with Gasteiger partial charge in [0.2, 0.25) is 0 Å². The molecule has 0 aromatic heterocycles. The molecule has 1 rings (SSSR count). The Kier molecular flexibility index (Phi) is 7.59. The van der Waals surface area contributed by atoms with Crippen LogP contribution in [0.15, 0.2) is 24.3 Å². The first-order valence-electron chi connectivity index (χ1n) is 7.11. The molecule has 0 saturated carbocycles. The van der Waals surface area contributed by atoms with Gasteiger partial charge in [-0.1, -0.05) is 18.2 Å². The molecule has 0 spiro atoms. The van der Waals surface area contributed by atoms with E-state index in [2.05, 4.69) is 36.3 Å². The van der Waals surface area contributed by atoms with E-state index >= 15 is 0 Å². The van der Waals surface area contributed by atoms with E-state index in [0.717, 1.165) is 25.3 Å². The molecular weight excluding hydrogens is 252 g/mol. The van der Waals surface area contributed by atoms with E-state index in [1.807, 2.05) is 19.2 Å². The number of nitrogens with zero attached hydrogens (tertiary/aromatic N) is 1. The Morgan fingerprint density at radius 3 is 2.55 bits per heavy atom. The summed E-state index contributed by atoms with van der Waals surface area (Å²) < 4.78 is 10.7. The van der Waals surface area contributed by atoms with Crippen LogP contribution < -0.4 is 10.1 Å². The Hall–Kier alpha value is -1.10. The zero-order valence-electron chi connectivity index (χ0n) is 13.3. The van der Waals surface area contributed by atoms with Crippen molar-refractivity contribution >= 4 is 0 Å². The standard InChI is InChI=1S/C16H28N2O2/c1-13(18(3)15(11-17-2)12-19-4)10-14-8-6-7-9-16(14)20-5/h6-9,13,15,17H,10-12H2,1-5H3. The smallest absolute Gasteiger partial charge is 0.122 e. The van der Waals surface area contributed by atoms with Crippen LogP contribution in [0, 0.1) is 0 Å². The van der Waals surface area contributed by atoms with Crippen molar-refractivity contribution in [2.75, 3.05) is 41.5 Å². The summed E-state index contributed by atoms with van der Waals surface area (Å²) in [7, 11) is 7.60. The number of likely N-dealkylation sites (N-methyl/N-ethyl adjacent to an activating group) is 2. The van der Waals surface area contributed by atoms with Crippen LogP contribution in [0.1, 0.15) is 12.5 Å². The van der Waals surface area contributed by atoms with Crippen LogP contribution in [0.25, 0.3) is 0 Å². The molecule has 0 heterocycles. The molecule has 0 fully saturated rings. The van der Waals surface area contributed by atoms with Gasteiger partial charge < -0.3 is 14.8 Å². The maximum absolute atomic E-state index is 5.43. The third kappa shape index (κ3) is 4.78. The van der Waals surface area contributed by atoms with Gasteiger partial charge in [-0.15, -0.1) is 0 Å². The molecule has 0 aliphatic heterocycles. The van der Waals surface area contributed by atoms with Crippen molar-refractivity contribution in [3.63, 3.8) is 0 Å². The third-order valence-electron chi connectivity index (χ3n) is 3.78. The van der Waals surface area contributed by atoms with Crippen LogP contribution in [-0.4, -0.2) is 58.5 Å². The van der Waals surface area contributed by atoms with Crippen LogP contribution >= 0.6 is 0 Å². The summed E-state index contributed by atoms with van der Waals surface area (Å²) in [6.07, 6.45) is 0.963. The molecule has 1 aromatic rings. The number of hydrogen-bond acceptors (Lipinski definition) is 4. The molecule has 1 aromatic carbocycles. The lowest BCUT2D eigenvalue weighted by Gasteiger charge is -2.33. The third-order valence-corrected chi connectivity index (χ3v) is 3.78. The second-order valence-corrected chi connectivity index (χ2v) is 5.20. The first-order chi connectivity index (χ1) is 9.63. The lowest BCUT2D eigenvalue weighted by Crippen LogP contribution is -2.47. The molecule has 0 saturated heterocycles. The van der Waals surface area contributed by atoms with Crippen LogP contribution in [0.2, 0.25) is 0 Å². The highest BCUT2D eigenvalue weighted by Gasteiger charge is 2.20. The molecule has 0 aliphatic carbocycles. The van der Waals surface area contributed by atoms with Gasteiger partial charge in [0.25, 0.3) is 0 Å². The topological polar surface area (TPSA) is 33.7 Å². The van der Waals surface area contributed by atoms with Gasteiger partial charge in [-0.2, -0.15) is 0 Å². The summed E-state index contributed by atoms with van der Waals surface area (Å²) in [5.41, 5.74) is 1.25.